The van der Waals surface area contributed by atoms with E-state index in [-0.39, 0.29) is 10.6 Å². The molecule has 0 fully saturated rings. The van der Waals surface area contributed by atoms with E-state index in [2.05, 4.69) is 10.6 Å². The van der Waals surface area contributed by atoms with Crippen molar-refractivity contribution in [2.24, 2.45) is 0 Å². The molecule has 0 unspecified atom stereocenters. The van der Waals surface area contributed by atoms with Gasteiger partial charge in [0.2, 0.25) is 0 Å². The van der Waals surface area contributed by atoms with E-state index >= 15 is 0 Å². The second-order valence-electron chi connectivity index (χ2n) is 3.93. The van der Waals surface area contributed by atoms with Gasteiger partial charge in [0.25, 0.3) is 5.69 Å². The maximum absolute atomic E-state index is 10.7. The number of nitrogens with one attached hydrogen (secondary N) is 2. The van der Waals surface area contributed by atoms with Crippen LogP contribution < -0.4 is 10.6 Å². The topological polar surface area (TPSA) is 76.4 Å². The summed E-state index contributed by atoms with van der Waals surface area (Å²) in [5.41, 5.74) is 1.91. The van der Waals surface area contributed by atoms with E-state index in [9.17, 15) is 10.1 Å². The van der Waals surface area contributed by atoms with Crippen molar-refractivity contribution in [2.75, 3.05) is 38.7 Å². The molecule has 0 aliphatic carbocycles. The summed E-state index contributed by atoms with van der Waals surface area (Å²) in [6.07, 6.45) is 0. The van der Waals surface area contributed by atoms with Crippen LogP contribution in [0.2, 0.25) is 0 Å². The van der Waals surface area contributed by atoms with Crippen LogP contribution in [0.5, 0.6) is 0 Å². The van der Waals surface area contributed by atoms with E-state index in [1.807, 2.05) is 6.92 Å². The van der Waals surface area contributed by atoms with Crippen LogP contribution in [0.25, 0.3) is 0 Å². The van der Waals surface area contributed by atoms with E-state index in [1.54, 1.807) is 19.2 Å². The Morgan fingerprint density at radius 3 is 2.78 bits per heavy atom. The van der Waals surface area contributed by atoms with Crippen molar-refractivity contribution < 1.29 is 9.66 Å². The molecular formula is C12H19N3O3. The van der Waals surface area contributed by atoms with Crippen molar-refractivity contribution in [3.8, 4) is 0 Å². The van der Waals surface area contributed by atoms with Crippen LogP contribution in [0.4, 0.5) is 11.4 Å². The average molecular weight is 253 g/mol. The molecular weight excluding hydrogens is 234 g/mol. The maximum atomic E-state index is 10.7. The van der Waals surface area contributed by atoms with Crippen molar-refractivity contribution in [1.29, 1.82) is 0 Å². The van der Waals surface area contributed by atoms with Gasteiger partial charge in [-0.2, -0.15) is 0 Å². The molecule has 6 heteroatoms. The van der Waals surface area contributed by atoms with Crippen LogP contribution in [0.1, 0.15) is 5.56 Å². The molecule has 0 aromatic heterocycles. The van der Waals surface area contributed by atoms with Gasteiger partial charge >= 0.3 is 0 Å². The fourth-order valence-corrected chi connectivity index (χ4v) is 1.50. The Morgan fingerprint density at radius 1 is 1.33 bits per heavy atom. The first-order valence-electron chi connectivity index (χ1n) is 5.83. The summed E-state index contributed by atoms with van der Waals surface area (Å²) in [6.45, 7) is 4.89. The van der Waals surface area contributed by atoms with Crippen LogP contribution in [0.15, 0.2) is 18.2 Å². The SMILES string of the molecule is COCCNCCNc1cc([N+](=O)[O-])ccc1C. The number of benzene rings is 1. The maximum Gasteiger partial charge on any atom is 0.271 e. The zero-order valence-corrected chi connectivity index (χ0v) is 10.7. The predicted octanol–water partition coefficient (Wildman–Crippen LogP) is 1.55. The summed E-state index contributed by atoms with van der Waals surface area (Å²) in [5, 5.41) is 17.0. The van der Waals surface area contributed by atoms with Crippen LogP contribution in [0, 0.1) is 17.0 Å². The van der Waals surface area contributed by atoms with Gasteiger partial charge in [-0.3, -0.25) is 10.1 Å². The second kappa shape index (κ2) is 7.62. The van der Waals surface area contributed by atoms with E-state index < -0.39 is 0 Å². The van der Waals surface area contributed by atoms with Gasteiger partial charge in [0.1, 0.15) is 0 Å². The summed E-state index contributed by atoms with van der Waals surface area (Å²) in [4.78, 5) is 10.3. The molecule has 1 aromatic rings. The molecule has 100 valence electrons. The molecule has 0 saturated carbocycles. The van der Waals surface area contributed by atoms with Gasteiger partial charge in [-0.25, -0.2) is 0 Å². The Bertz CT molecular complexity index is 396. The number of nitro benzene ring substituents is 1. The Labute approximate surface area is 106 Å². The Kier molecular flexibility index (Phi) is 6.10. The lowest BCUT2D eigenvalue weighted by atomic mass is 10.2. The first-order valence-corrected chi connectivity index (χ1v) is 5.83. The number of anilines is 1. The smallest absolute Gasteiger partial charge is 0.271 e. The number of nitro groups is 1. The van der Waals surface area contributed by atoms with Crippen molar-refractivity contribution in [2.45, 2.75) is 6.92 Å². The number of nitrogens with zero attached hydrogens (tertiary/aromatic N) is 1. The van der Waals surface area contributed by atoms with E-state index in [0.29, 0.717) is 13.2 Å². The molecule has 0 radical (unpaired) electrons. The molecule has 0 spiro atoms. The van der Waals surface area contributed by atoms with Crippen LogP contribution in [-0.4, -0.2) is 38.3 Å². The van der Waals surface area contributed by atoms with Gasteiger partial charge in [0.15, 0.2) is 0 Å². The average Bonchev–Trinajstić information content (AvgIpc) is 2.35. The van der Waals surface area contributed by atoms with Gasteiger partial charge in [-0.05, 0) is 12.5 Å². The molecule has 1 rings (SSSR count). The van der Waals surface area contributed by atoms with E-state index in [0.717, 1.165) is 24.3 Å². The lowest BCUT2D eigenvalue weighted by molar-refractivity contribution is -0.384. The zero-order chi connectivity index (χ0) is 13.4. The molecule has 2 N–H and O–H groups in total. The summed E-state index contributed by atoms with van der Waals surface area (Å²) >= 11 is 0. The third kappa shape index (κ3) is 4.68. The first-order chi connectivity index (χ1) is 8.65. The normalized spacial score (nSPS) is 10.3. The third-order valence-corrected chi connectivity index (χ3v) is 2.53. The highest BCUT2D eigenvalue weighted by molar-refractivity contribution is 5.56. The van der Waals surface area contributed by atoms with Crippen molar-refractivity contribution in [3.63, 3.8) is 0 Å². The molecule has 0 aliphatic rings. The highest BCUT2D eigenvalue weighted by Gasteiger charge is 2.07. The first kappa shape index (κ1) is 14.4. The Balaban J connectivity index is 2.41. The number of ether oxygens (including phenoxy) is 1. The number of hydrogen-bond donors (Lipinski definition) is 2. The van der Waals surface area contributed by atoms with Crippen molar-refractivity contribution in [3.05, 3.63) is 33.9 Å². The zero-order valence-electron chi connectivity index (χ0n) is 10.7. The summed E-state index contributed by atoms with van der Waals surface area (Å²) in [7, 11) is 1.66. The van der Waals surface area contributed by atoms with E-state index in [4.69, 9.17) is 4.74 Å². The highest BCUT2D eigenvalue weighted by Crippen LogP contribution is 2.21. The van der Waals surface area contributed by atoms with Gasteiger partial charge < -0.3 is 15.4 Å². The van der Waals surface area contributed by atoms with Gasteiger partial charge in [-0.15, -0.1) is 0 Å². The predicted molar refractivity (Wildman–Crippen MR) is 71.1 cm³/mol. The number of hydrogen-bond acceptors (Lipinski definition) is 5. The summed E-state index contributed by atoms with van der Waals surface area (Å²) in [6, 6.07) is 4.82. The lowest BCUT2D eigenvalue weighted by Crippen LogP contribution is -2.25. The number of non-ortho nitro benzene ring substituents is 1. The Morgan fingerprint density at radius 2 is 2.11 bits per heavy atom. The van der Waals surface area contributed by atoms with Crippen molar-refractivity contribution in [1.82, 2.24) is 5.32 Å². The molecule has 0 bridgehead atoms. The fourth-order valence-electron chi connectivity index (χ4n) is 1.50. The minimum atomic E-state index is -0.387. The number of methoxy groups -OCH3 is 1. The molecule has 18 heavy (non-hydrogen) atoms. The molecule has 6 nitrogen and oxygen atoms in total. The van der Waals surface area contributed by atoms with Gasteiger partial charge in [0, 0.05) is 44.6 Å². The fraction of sp³-hybridized carbons (Fsp3) is 0.500. The highest BCUT2D eigenvalue weighted by atomic mass is 16.6. The molecule has 0 aliphatic heterocycles. The van der Waals surface area contributed by atoms with E-state index in [1.165, 1.54) is 6.07 Å². The van der Waals surface area contributed by atoms with Crippen molar-refractivity contribution >= 4 is 11.4 Å². The lowest BCUT2D eigenvalue weighted by Gasteiger charge is -2.10. The second-order valence-corrected chi connectivity index (χ2v) is 3.93. The molecule has 0 amide bonds. The minimum Gasteiger partial charge on any atom is -0.383 e. The molecule has 0 saturated heterocycles. The minimum absolute atomic E-state index is 0.107. The summed E-state index contributed by atoms with van der Waals surface area (Å²) in [5.74, 6) is 0. The van der Waals surface area contributed by atoms with Gasteiger partial charge in [-0.1, -0.05) is 6.07 Å². The van der Waals surface area contributed by atoms with Crippen LogP contribution in [-0.2, 0) is 4.74 Å². The van der Waals surface area contributed by atoms with Crippen LogP contribution >= 0.6 is 0 Å². The molecule has 0 atom stereocenters. The molecule has 1 aromatic carbocycles. The monoisotopic (exact) mass is 253 g/mol. The van der Waals surface area contributed by atoms with Crippen LogP contribution in [0.3, 0.4) is 0 Å². The standard InChI is InChI=1S/C12H19N3O3/c1-10-3-4-11(15(16)17)9-12(10)14-6-5-13-7-8-18-2/h3-4,9,13-14H,5-8H2,1-2H3. The molecule has 0 heterocycles. The van der Waals surface area contributed by atoms with Gasteiger partial charge in [0.05, 0.1) is 11.5 Å². The Hall–Kier alpha value is -1.66. The quantitative estimate of drug-likeness (QED) is 0.417. The summed E-state index contributed by atoms with van der Waals surface area (Å²) < 4.78 is 4.91. The largest absolute Gasteiger partial charge is 0.383 e. The number of aryl methyl sites for hydroxylation is 1. The third-order valence-electron chi connectivity index (χ3n) is 2.53. The number of rotatable bonds is 8.